The minimum absolute atomic E-state index is 0.0246. The lowest BCUT2D eigenvalue weighted by atomic mass is 10.1. The molecule has 4 heteroatoms. The lowest BCUT2D eigenvalue weighted by Crippen LogP contribution is -2.14. The summed E-state index contributed by atoms with van der Waals surface area (Å²) in [6, 6.07) is 25.2. The number of carbonyl (C=O) groups excluding carboxylic acids is 1. The lowest BCUT2D eigenvalue weighted by molar-refractivity contribution is -0.115. The van der Waals surface area contributed by atoms with Gasteiger partial charge < -0.3 is 15.4 Å². The van der Waals surface area contributed by atoms with E-state index in [1.54, 1.807) is 0 Å². The first-order valence-electron chi connectivity index (χ1n) is 8.66. The third-order valence-corrected chi connectivity index (χ3v) is 3.83. The number of anilines is 3. The Hall–Kier alpha value is -3.27. The first-order chi connectivity index (χ1) is 12.7. The second-order valence-corrected chi connectivity index (χ2v) is 5.87. The van der Waals surface area contributed by atoms with E-state index in [-0.39, 0.29) is 5.91 Å². The zero-order valence-corrected chi connectivity index (χ0v) is 14.7. The van der Waals surface area contributed by atoms with Crippen molar-refractivity contribution in [1.29, 1.82) is 0 Å². The number of nitrogens with one attached hydrogen (secondary N) is 2. The number of benzene rings is 3. The van der Waals surface area contributed by atoms with Gasteiger partial charge in [0, 0.05) is 17.1 Å². The first kappa shape index (κ1) is 17.5. The molecular weight excluding hydrogens is 324 g/mol. The van der Waals surface area contributed by atoms with Gasteiger partial charge in [-0.05, 0) is 61.0 Å². The van der Waals surface area contributed by atoms with Gasteiger partial charge in [-0.25, -0.2) is 0 Å². The maximum atomic E-state index is 12.1. The summed E-state index contributed by atoms with van der Waals surface area (Å²) in [5.41, 5.74) is 3.71. The second-order valence-electron chi connectivity index (χ2n) is 5.87. The van der Waals surface area contributed by atoms with Crippen LogP contribution in [0.5, 0.6) is 5.75 Å². The van der Waals surface area contributed by atoms with Gasteiger partial charge in [0.25, 0.3) is 0 Å². The van der Waals surface area contributed by atoms with Gasteiger partial charge in [0.2, 0.25) is 5.91 Å². The number of carbonyl (C=O) groups is 1. The van der Waals surface area contributed by atoms with Gasteiger partial charge in [0.15, 0.2) is 0 Å². The van der Waals surface area contributed by atoms with E-state index in [0.717, 1.165) is 28.4 Å². The van der Waals surface area contributed by atoms with Gasteiger partial charge in [0.1, 0.15) is 5.75 Å². The van der Waals surface area contributed by atoms with E-state index in [0.29, 0.717) is 13.0 Å². The van der Waals surface area contributed by atoms with Crippen LogP contribution in [0.25, 0.3) is 0 Å². The third-order valence-electron chi connectivity index (χ3n) is 3.83. The van der Waals surface area contributed by atoms with Crippen molar-refractivity contribution in [1.82, 2.24) is 0 Å². The Labute approximate surface area is 153 Å². The molecule has 0 aliphatic rings. The number of rotatable bonds is 7. The highest BCUT2D eigenvalue weighted by molar-refractivity contribution is 5.92. The van der Waals surface area contributed by atoms with Gasteiger partial charge >= 0.3 is 0 Å². The van der Waals surface area contributed by atoms with Crippen molar-refractivity contribution in [2.45, 2.75) is 13.3 Å². The molecule has 0 atom stereocenters. The van der Waals surface area contributed by atoms with Gasteiger partial charge in [-0.15, -0.1) is 0 Å². The van der Waals surface area contributed by atoms with Crippen LogP contribution in [0.1, 0.15) is 12.5 Å². The SMILES string of the molecule is CCOc1ccc(Nc2ccc(NC(=O)Cc3ccccc3)cc2)cc1. The molecular formula is C22H22N2O2. The monoisotopic (exact) mass is 346 g/mol. The van der Waals surface area contributed by atoms with Crippen molar-refractivity contribution in [2.24, 2.45) is 0 Å². The molecule has 4 nitrogen and oxygen atoms in total. The summed E-state index contributed by atoms with van der Waals surface area (Å²) in [4.78, 5) is 12.1. The third kappa shape index (κ3) is 5.11. The van der Waals surface area contributed by atoms with Crippen molar-refractivity contribution in [3.8, 4) is 5.75 Å². The molecule has 0 heterocycles. The Bertz CT molecular complexity index is 828. The Balaban J connectivity index is 1.55. The van der Waals surface area contributed by atoms with Gasteiger partial charge in [-0.2, -0.15) is 0 Å². The summed E-state index contributed by atoms with van der Waals surface area (Å²) < 4.78 is 5.44. The van der Waals surface area contributed by atoms with Crippen LogP contribution in [0.2, 0.25) is 0 Å². The minimum Gasteiger partial charge on any atom is -0.494 e. The molecule has 0 bridgehead atoms. The van der Waals surface area contributed by atoms with Crippen LogP contribution in [0.4, 0.5) is 17.1 Å². The quantitative estimate of drug-likeness (QED) is 0.632. The molecule has 0 fully saturated rings. The molecule has 0 aliphatic heterocycles. The highest BCUT2D eigenvalue weighted by Gasteiger charge is 2.04. The molecule has 0 aromatic heterocycles. The van der Waals surface area contributed by atoms with Gasteiger partial charge in [-0.1, -0.05) is 30.3 Å². The number of hydrogen-bond donors (Lipinski definition) is 2. The highest BCUT2D eigenvalue weighted by Crippen LogP contribution is 2.21. The molecule has 0 aliphatic carbocycles. The van der Waals surface area contributed by atoms with E-state index in [1.165, 1.54) is 0 Å². The van der Waals surface area contributed by atoms with Crippen LogP contribution in [-0.4, -0.2) is 12.5 Å². The van der Waals surface area contributed by atoms with E-state index in [2.05, 4.69) is 10.6 Å². The Morgan fingerprint density at radius 2 is 1.38 bits per heavy atom. The predicted molar refractivity (Wildman–Crippen MR) is 106 cm³/mol. The normalized spacial score (nSPS) is 10.2. The second kappa shape index (κ2) is 8.72. The summed E-state index contributed by atoms with van der Waals surface area (Å²) in [6.45, 7) is 2.62. The van der Waals surface area contributed by atoms with Crippen molar-refractivity contribution < 1.29 is 9.53 Å². The fraction of sp³-hybridized carbons (Fsp3) is 0.136. The molecule has 0 unspecified atom stereocenters. The Kier molecular flexibility index (Phi) is 5.88. The minimum atomic E-state index is -0.0246. The molecule has 0 spiro atoms. The van der Waals surface area contributed by atoms with Crippen LogP contribution < -0.4 is 15.4 Å². The van der Waals surface area contributed by atoms with E-state index < -0.39 is 0 Å². The Morgan fingerprint density at radius 3 is 2.00 bits per heavy atom. The zero-order valence-electron chi connectivity index (χ0n) is 14.7. The molecule has 2 N–H and O–H groups in total. The molecule has 3 rings (SSSR count). The smallest absolute Gasteiger partial charge is 0.228 e. The topological polar surface area (TPSA) is 50.4 Å². The maximum Gasteiger partial charge on any atom is 0.228 e. The molecule has 3 aromatic rings. The van der Waals surface area contributed by atoms with E-state index in [1.807, 2.05) is 85.8 Å². The van der Waals surface area contributed by atoms with Crippen LogP contribution >= 0.6 is 0 Å². The van der Waals surface area contributed by atoms with Gasteiger partial charge in [0.05, 0.1) is 13.0 Å². The van der Waals surface area contributed by atoms with Crippen LogP contribution in [0.15, 0.2) is 78.9 Å². The summed E-state index contributed by atoms with van der Waals surface area (Å²) in [6.07, 6.45) is 0.368. The first-order valence-corrected chi connectivity index (χ1v) is 8.66. The molecule has 3 aromatic carbocycles. The molecule has 0 radical (unpaired) electrons. The van der Waals surface area contributed by atoms with E-state index in [9.17, 15) is 4.79 Å². The molecule has 26 heavy (non-hydrogen) atoms. The van der Waals surface area contributed by atoms with Crippen molar-refractivity contribution >= 4 is 23.0 Å². The summed E-state index contributed by atoms with van der Waals surface area (Å²) >= 11 is 0. The Morgan fingerprint density at radius 1 is 0.808 bits per heavy atom. The summed E-state index contributed by atoms with van der Waals surface area (Å²) in [5, 5.41) is 6.25. The van der Waals surface area contributed by atoms with Crippen LogP contribution in [0.3, 0.4) is 0 Å². The number of ether oxygens (including phenoxy) is 1. The lowest BCUT2D eigenvalue weighted by Gasteiger charge is -2.10. The van der Waals surface area contributed by atoms with Crippen LogP contribution in [0, 0.1) is 0 Å². The summed E-state index contributed by atoms with van der Waals surface area (Å²) in [5.74, 6) is 0.831. The van der Waals surface area contributed by atoms with Gasteiger partial charge in [-0.3, -0.25) is 4.79 Å². The number of hydrogen-bond acceptors (Lipinski definition) is 3. The van der Waals surface area contributed by atoms with E-state index in [4.69, 9.17) is 4.74 Å². The predicted octanol–water partition coefficient (Wildman–Crippen LogP) is 5.01. The van der Waals surface area contributed by atoms with Crippen molar-refractivity contribution in [3.05, 3.63) is 84.4 Å². The zero-order chi connectivity index (χ0) is 18.2. The summed E-state index contributed by atoms with van der Waals surface area (Å²) in [7, 11) is 0. The molecule has 0 saturated heterocycles. The molecule has 0 saturated carbocycles. The largest absolute Gasteiger partial charge is 0.494 e. The average molecular weight is 346 g/mol. The fourth-order valence-corrected chi connectivity index (χ4v) is 2.59. The molecule has 132 valence electrons. The van der Waals surface area contributed by atoms with E-state index >= 15 is 0 Å². The maximum absolute atomic E-state index is 12.1. The van der Waals surface area contributed by atoms with Crippen molar-refractivity contribution in [2.75, 3.05) is 17.2 Å². The van der Waals surface area contributed by atoms with Crippen LogP contribution in [-0.2, 0) is 11.2 Å². The molecule has 1 amide bonds. The average Bonchev–Trinajstić information content (AvgIpc) is 2.66. The standard InChI is InChI=1S/C22H22N2O2/c1-2-26-21-14-12-19(13-15-21)23-18-8-10-20(11-9-18)24-22(25)16-17-6-4-3-5-7-17/h3-15,23H,2,16H2,1H3,(H,24,25). The number of amides is 1. The fourth-order valence-electron chi connectivity index (χ4n) is 2.59. The highest BCUT2D eigenvalue weighted by atomic mass is 16.5. The van der Waals surface area contributed by atoms with Crippen molar-refractivity contribution in [3.63, 3.8) is 0 Å².